The van der Waals surface area contributed by atoms with Gasteiger partial charge in [0.25, 0.3) is 0 Å². The molecule has 0 saturated heterocycles. The Morgan fingerprint density at radius 3 is 2.69 bits per heavy atom. The summed E-state index contributed by atoms with van der Waals surface area (Å²) in [6.45, 7) is 6.82. The van der Waals surface area contributed by atoms with Crippen molar-refractivity contribution in [3.8, 4) is 23.4 Å². The van der Waals surface area contributed by atoms with Crippen molar-refractivity contribution in [1.82, 2.24) is 24.9 Å². The first-order valence-electron chi connectivity index (χ1n) is 11.8. The highest BCUT2D eigenvalue weighted by molar-refractivity contribution is 5.76. The fourth-order valence-electron chi connectivity index (χ4n) is 3.86. The Labute approximate surface area is 209 Å². The van der Waals surface area contributed by atoms with Gasteiger partial charge in [0.05, 0.1) is 12.8 Å². The van der Waals surface area contributed by atoms with Crippen LogP contribution in [0, 0.1) is 25.2 Å². The number of nitrogens with one attached hydrogen (secondary N) is 1. The summed E-state index contributed by atoms with van der Waals surface area (Å²) in [4.78, 5) is 21.5. The van der Waals surface area contributed by atoms with Crippen molar-refractivity contribution in [1.29, 1.82) is 5.26 Å². The van der Waals surface area contributed by atoms with Gasteiger partial charge in [0, 0.05) is 36.1 Å². The minimum absolute atomic E-state index is 0.0979. The minimum Gasteiger partial charge on any atom is -0.494 e. The topological polar surface area (TPSA) is 114 Å². The second kappa shape index (κ2) is 11.3. The van der Waals surface area contributed by atoms with E-state index in [0.717, 1.165) is 34.7 Å². The predicted molar refractivity (Wildman–Crippen MR) is 134 cm³/mol. The lowest BCUT2D eigenvalue weighted by molar-refractivity contribution is -0.121. The van der Waals surface area contributed by atoms with Crippen LogP contribution in [0.25, 0.3) is 5.65 Å². The number of benzene rings is 1. The maximum absolute atomic E-state index is 12.6. The summed E-state index contributed by atoms with van der Waals surface area (Å²) in [7, 11) is 0. The molecule has 1 N–H and O–H groups in total. The van der Waals surface area contributed by atoms with Crippen LogP contribution in [0.1, 0.15) is 47.8 Å². The molecule has 0 unspecified atom stereocenters. The van der Waals surface area contributed by atoms with Gasteiger partial charge < -0.3 is 14.8 Å². The van der Waals surface area contributed by atoms with E-state index in [1.165, 1.54) is 6.20 Å². The molecule has 9 nitrogen and oxygen atoms in total. The fourth-order valence-corrected chi connectivity index (χ4v) is 3.86. The van der Waals surface area contributed by atoms with Gasteiger partial charge in [-0.25, -0.2) is 14.5 Å². The number of rotatable bonds is 10. The van der Waals surface area contributed by atoms with Gasteiger partial charge in [-0.2, -0.15) is 10.4 Å². The molecule has 36 heavy (non-hydrogen) atoms. The third-order valence-electron chi connectivity index (χ3n) is 5.77. The molecule has 4 aromatic rings. The first-order valence-corrected chi connectivity index (χ1v) is 11.8. The molecule has 3 aromatic heterocycles. The summed E-state index contributed by atoms with van der Waals surface area (Å²) in [6, 6.07) is 13.2. The van der Waals surface area contributed by atoms with Crippen LogP contribution in [0.5, 0.6) is 17.4 Å². The van der Waals surface area contributed by atoms with Crippen molar-refractivity contribution in [2.75, 3.05) is 6.61 Å². The zero-order valence-electron chi connectivity index (χ0n) is 20.6. The van der Waals surface area contributed by atoms with E-state index in [0.29, 0.717) is 42.4 Å². The zero-order chi connectivity index (χ0) is 25.5. The predicted octanol–water partition coefficient (Wildman–Crippen LogP) is 4.44. The Balaban J connectivity index is 1.36. The maximum Gasteiger partial charge on any atom is 0.224 e. The Morgan fingerprint density at radius 2 is 1.94 bits per heavy atom. The molecular weight excluding hydrogens is 456 g/mol. The maximum atomic E-state index is 12.6. The quantitative estimate of drug-likeness (QED) is 0.354. The number of amides is 1. The number of nitrogens with zero attached hydrogens (tertiary/aromatic N) is 5. The molecule has 0 aliphatic carbocycles. The van der Waals surface area contributed by atoms with E-state index in [1.54, 1.807) is 10.7 Å². The SMILES string of the molecule is CCCOc1ccc(Oc2ncccc2CNC(=O)CCc2c(C)nc3c(C#N)cnn3c2C)cc1. The number of aromatic nitrogens is 4. The largest absolute Gasteiger partial charge is 0.494 e. The molecule has 0 bridgehead atoms. The number of nitriles is 1. The van der Waals surface area contributed by atoms with Crippen molar-refractivity contribution in [2.45, 2.75) is 46.6 Å². The van der Waals surface area contributed by atoms with E-state index >= 15 is 0 Å². The van der Waals surface area contributed by atoms with E-state index < -0.39 is 0 Å². The van der Waals surface area contributed by atoms with Crippen LogP contribution in [-0.2, 0) is 17.8 Å². The molecule has 0 atom stereocenters. The normalized spacial score (nSPS) is 10.7. The van der Waals surface area contributed by atoms with Crippen LogP contribution in [0.4, 0.5) is 0 Å². The second-order valence-corrected chi connectivity index (χ2v) is 8.33. The first-order chi connectivity index (χ1) is 17.5. The van der Waals surface area contributed by atoms with Crippen LogP contribution in [-0.4, -0.2) is 32.1 Å². The van der Waals surface area contributed by atoms with Gasteiger partial charge in [-0.3, -0.25) is 4.79 Å². The average molecular weight is 485 g/mol. The first kappa shape index (κ1) is 24.7. The van der Waals surface area contributed by atoms with E-state index in [-0.39, 0.29) is 12.3 Å². The molecule has 0 aliphatic rings. The molecule has 0 saturated carbocycles. The standard InChI is InChI=1S/C27H28N6O3/c1-4-14-35-22-7-9-23(10-8-22)36-27-20(6-5-13-29-27)16-30-25(34)12-11-24-18(2)32-26-21(15-28)17-31-33(26)19(24)3/h5-10,13,17H,4,11-12,14,16H2,1-3H3,(H,30,34). The number of aryl methyl sites for hydroxylation is 2. The van der Waals surface area contributed by atoms with Gasteiger partial charge in [-0.1, -0.05) is 13.0 Å². The molecule has 1 amide bonds. The summed E-state index contributed by atoms with van der Waals surface area (Å²) in [5, 5.41) is 16.4. The number of ether oxygens (including phenoxy) is 2. The molecule has 4 rings (SSSR count). The average Bonchev–Trinajstić information content (AvgIpc) is 3.30. The van der Waals surface area contributed by atoms with Crippen LogP contribution in [0.2, 0.25) is 0 Å². The highest BCUT2D eigenvalue weighted by Gasteiger charge is 2.15. The number of carbonyl (C=O) groups excluding carboxylic acids is 1. The van der Waals surface area contributed by atoms with Crippen molar-refractivity contribution in [2.24, 2.45) is 0 Å². The van der Waals surface area contributed by atoms with Crippen molar-refractivity contribution in [3.63, 3.8) is 0 Å². The van der Waals surface area contributed by atoms with Gasteiger partial charge in [0.2, 0.25) is 11.8 Å². The molecule has 184 valence electrons. The van der Waals surface area contributed by atoms with E-state index in [2.05, 4.69) is 33.4 Å². The minimum atomic E-state index is -0.0979. The highest BCUT2D eigenvalue weighted by atomic mass is 16.5. The monoisotopic (exact) mass is 484 g/mol. The summed E-state index contributed by atoms with van der Waals surface area (Å²) >= 11 is 0. The van der Waals surface area contributed by atoms with Gasteiger partial charge in [0.1, 0.15) is 23.1 Å². The Morgan fingerprint density at radius 1 is 1.17 bits per heavy atom. The lowest BCUT2D eigenvalue weighted by Crippen LogP contribution is -2.23. The van der Waals surface area contributed by atoms with Crippen molar-refractivity contribution in [3.05, 3.63) is 76.9 Å². The second-order valence-electron chi connectivity index (χ2n) is 8.33. The molecule has 0 fully saturated rings. The summed E-state index contributed by atoms with van der Waals surface area (Å²) < 4.78 is 13.2. The van der Waals surface area contributed by atoms with Gasteiger partial charge in [-0.05, 0) is 62.6 Å². The van der Waals surface area contributed by atoms with Crippen molar-refractivity contribution >= 4 is 11.6 Å². The summed E-state index contributed by atoms with van der Waals surface area (Å²) in [5.74, 6) is 1.76. The molecule has 1 aromatic carbocycles. The Bertz CT molecular complexity index is 1410. The molecule has 3 heterocycles. The van der Waals surface area contributed by atoms with Crippen LogP contribution in [0.15, 0.2) is 48.8 Å². The molecular formula is C27H28N6O3. The smallest absolute Gasteiger partial charge is 0.224 e. The van der Waals surface area contributed by atoms with E-state index in [4.69, 9.17) is 9.47 Å². The third kappa shape index (κ3) is 5.61. The summed E-state index contributed by atoms with van der Waals surface area (Å²) in [5.41, 5.74) is 4.35. The third-order valence-corrected chi connectivity index (χ3v) is 5.77. The van der Waals surface area contributed by atoms with E-state index in [9.17, 15) is 10.1 Å². The molecule has 0 aliphatic heterocycles. The molecule has 0 radical (unpaired) electrons. The lowest BCUT2D eigenvalue weighted by atomic mass is 10.1. The van der Waals surface area contributed by atoms with Gasteiger partial charge >= 0.3 is 0 Å². The highest BCUT2D eigenvalue weighted by Crippen LogP contribution is 2.25. The van der Waals surface area contributed by atoms with Gasteiger partial charge in [0.15, 0.2) is 5.65 Å². The van der Waals surface area contributed by atoms with Crippen molar-refractivity contribution < 1.29 is 14.3 Å². The molecule has 0 spiro atoms. The van der Waals surface area contributed by atoms with Crippen LogP contribution in [0.3, 0.4) is 0 Å². The number of hydrogen-bond acceptors (Lipinski definition) is 7. The van der Waals surface area contributed by atoms with Gasteiger partial charge in [-0.15, -0.1) is 0 Å². The number of pyridine rings is 1. The number of carbonyl (C=O) groups is 1. The Kier molecular flexibility index (Phi) is 7.75. The fraction of sp³-hybridized carbons (Fsp3) is 0.296. The van der Waals surface area contributed by atoms with E-state index in [1.807, 2.05) is 50.2 Å². The Hall–Kier alpha value is -4.45. The number of hydrogen-bond donors (Lipinski definition) is 1. The number of fused-ring (bicyclic) bond motifs is 1. The van der Waals surface area contributed by atoms with Crippen LogP contribution < -0.4 is 14.8 Å². The lowest BCUT2D eigenvalue weighted by Gasteiger charge is -2.13. The zero-order valence-corrected chi connectivity index (χ0v) is 20.6. The molecule has 9 heteroatoms. The summed E-state index contributed by atoms with van der Waals surface area (Å²) in [6.07, 6.45) is 4.91. The van der Waals surface area contributed by atoms with Crippen LogP contribution >= 0.6 is 0 Å².